The number of hydrogen-bond donors (Lipinski definition) is 1. The third-order valence-electron chi connectivity index (χ3n) is 4.09. The first-order valence-electron chi connectivity index (χ1n) is 8.42. The van der Waals surface area contributed by atoms with E-state index in [1.54, 1.807) is 7.11 Å². The van der Waals surface area contributed by atoms with Crippen LogP contribution in [0.15, 0.2) is 29.4 Å². The second-order valence-corrected chi connectivity index (χ2v) is 6.80. The van der Waals surface area contributed by atoms with Gasteiger partial charge in [-0.3, -0.25) is 9.36 Å². The first-order chi connectivity index (χ1) is 12.7. The zero-order valence-electron chi connectivity index (χ0n) is 15.0. The van der Waals surface area contributed by atoms with Crippen molar-refractivity contribution in [1.29, 1.82) is 0 Å². The quantitative estimate of drug-likeness (QED) is 0.723. The largest absolute Gasteiger partial charge is 0.497 e. The predicted molar refractivity (Wildman–Crippen MR) is 99.6 cm³/mol. The van der Waals surface area contributed by atoms with E-state index >= 15 is 0 Å². The predicted octanol–water partition coefficient (Wildman–Crippen LogP) is 1.07. The van der Waals surface area contributed by atoms with E-state index < -0.39 is 0 Å². The van der Waals surface area contributed by atoms with Gasteiger partial charge in [0, 0.05) is 26.7 Å². The number of amides is 1. The normalized spacial score (nSPS) is 14.3. The molecule has 3 rings (SSSR count). The molecule has 1 saturated heterocycles. The van der Waals surface area contributed by atoms with Crippen LogP contribution in [0.1, 0.15) is 5.56 Å². The Bertz CT molecular complexity index is 728. The minimum Gasteiger partial charge on any atom is -0.497 e. The Morgan fingerprint density at radius 1 is 1.27 bits per heavy atom. The van der Waals surface area contributed by atoms with Crippen LogP contribution in [0.3, 0.4) is 0 Å². The minimum atomic E-state index is -0.0401. The van der Waals surface area contributed by atoms with Crippen molar-refractivity contribution >= 4 is 23.6 Å². The topological polar surface area (TPSA) is 81.5 Å². The van der Waals surface area contributed by atoms with Gasteiger partial charge in [-0.15, -0.1) is 10.2 Å². The van der Waals surface area contributed by atoms with Crippen LogP contribution in [-0.4, -0.2) is 59.8 Å². The van der Waals surface area contributed by atoms with Crippen LogP contribution in [-0.2, 0) is 23.1 Å². The first kappa shape index (κ1) is 18.5. The molecular formula is C17H23N5O3S. The van der Waals surface area contributed by atoms with E-state index in [1.807, 2.05) is 35.9 Å². The highest BCUT2D eigenvalue weighted by Crippen LogP contribution is 2.21. The minimum absolute atomic E-state index is 0.0401. The molecule has 9 heteroatoms. The van der Waals surface area contributed by atoms with Crippen LogP contribution in [0.2, 0.25) is 0 Å². The number of benzene rings is 1. The van der Waals surface area contributed by atoms with E-state index in [-0.39, 0.29) is 5.91 Å². The summed E-state index contributed by atoms with van der Waals surface area (Å²) in [6.07, 6.45) is 0. The number of rotatable bonds is 7. The summed E-state index contributed by atoms with van der Waals surface area (Å²) in [6, 6.07) is 7.62. The molecule has 140 valence electrons. The van der Waals surface area contributed by atoms with E-state index in [4.69, 9.17) is 9.47 Å². The van der Waals surface area contributed by atoms with Gasteiger partial charge in [-0.05, 0) is 17.7 Å². The van der Waals surface area contributed by atoms with Crippen LogP contribution >= 0.6 is 11.8 Å². The van der Waals surface area contributed by atoms with Crippen LogP contribution < -0.4 is 15.0 Å². The highest BCUT2D eigenvalue weighted by atomic mass is 32.2. The first-order valence-corrected chi connectivity index (χ1v) is 9.40. The molecule has 2 heterocycles. The van der Waals surface area contributed by atoms with Crippen LogP contribution in [0.25, 0.3) is 0 Å². The molecule has 0 saturated carbocycles. The molecule has 1 amide bonds. The highest BCUT2D eigenvalue weighted by Gasteiger charge is 2.19. The molecule has 1 N–H and O–H groups in total. The monoisotopic (exact) mass is 377 g/mol. The Morgan fingerprint density at radius 2 is 2.00 bits per heavy atom. The van der Waals surface area contributed by atoms with Crippen molar-refractivity contribution in [2.75, 3.05) is 44.1 Å². The zero-order valence-corrected chi connectivity index (χ0v) is 15.8. The van der Waals surface area contributed by atoms with Crippen molar-refractivity contribution in [2.24, 2.45) is 7.05 Å². The van der Waals surface area contributed by atoms with Crippen molar-refractivity contribution in [3.05, 3.63) is 29.8 Å². The van der Waals surface area contributed by atoms with Gasteiger partial charge < -0.3 is 19.7 Å². The molecule has 1 aliphatic heterocycles. The van der Waals surface area contributed by atoms with E-state index in [0.717, 1.165) is 35.5 Å². The number of methoxy groups -OCH3 is 1. The maximum atomic E-state index is 12.1. The number of ether oxygens (including phenoxy) is 2. The van der Waals surface area contributed by atoms with Gasteiger partial charge in [0.1, 0.15) is 5.75 Å². The molecule has 0 radical (unpaired) electrons. The number of anilines is 1. The number of morpholine rings is 1. The Hall–Kier alpha value is -2.26. The van der Waals surface area contributed by atoms with Crippen LogP contribution in [0.5, 0.6) is 5.75 Å². The number of aromatic nitrogens is 3. The second kappa shape index (κ2) is 8.91. The Balaban J connectivity index is 1.47. The molecule has 0 aliphatic carbocycles. The van der Waals surface area contributed by atoms with Gasteiger partial charge in [0.2, 0.25) is 11.9 Å². The molecule has 0 bridgehead atoms. The number of carbonyl (C=O) groups is 1. The van der Waals surface area contributed by atoms with Crippen molar-refractivity contribution < 1.29 is 14.3 Å². The maximum absolute atomic E-state index is 12.1. The summed E-state index contributed by atoms with van der Waals surface area (Å²) in [5.41, 5.74) is 1.03. The average Bonchev–Trinajstić information content (AvgIpc) is 3.06. The maximum Gasteiger partial charge on any atom is 0.230 e. The molecule has 0 atom stereocenters. The van der Waals surface area contributed by atoms with Gasteiger partial charge in [0.05, 0.1) is 26.1 Å². The fourth-order valence-corrected chi connectivity index (χ4v) is 3.33. The molecule has 1 aromatic heterocycles. The van der Waals surface area contributed by atoms with E-state index in [1.165, 1.54) is 11.8 Å². The Labute approximate surface area is 156 Å². The van der Waals surface area contributed by atoms with E-state index in [0.29, 0.717) is 25.5 Å². The lowest BCUT2D eigenvalue weighted by Gasteiger charge is -2.27. The molecule has 1 aliphatic rings. The van der Waals surface area contributed by atoms with Gasteiger partial charge >= 0.3 is 0 Å². The van der Waals surface area contributed by atoms with E-state index in [9.17, 15) is 4.79 Å². The zero-order chi connectivity index (χ0) is 18.4. The molecule has 0 spiro atoms. The number of nitrogens with one attached hydrogen (secondary N) is 1. The molecule has 0 unspecified atom stereocenters. The van der Waals surface area contributed by atoms with Gasteiger partial charge in [0.25, 0.3) is 0 Å². The number of hydrogen-bond acceptors (Lipinski definition) is 7. The fraction of sp³-hybridized carbons (Fsp3) is 0.471. The van der Waals surface area contributed by atoms with E-state index in [2.05, 4.69) is 20.4 Å². The Kier molecular flexibility index (Phi) is 6.35. The number of carbonyl (C=O) groups excluding carboxylic acids is 1. The smallest absolute Gasteiger partial charge is 0.230 e. The third-order valence-corrected chi connectivity index (χ3v) is 5.11. The second-order valence-electron chi connectivity index (χ2n) is 5.85. The lowest BCUT2D eigenvalue weighted by molar-refractivity contribution is -0.118. The summed E-state index contributed by atoms with van der Waals surface area (Å²) in [7, 11) is 3.55. The summed E-state index contributed by atoms with van der Waals surface area (Å²) in [6.45, 7) is 3.49. The van der Waals surface area contributed by atoms with Gasteiger partial charge in [-0.1, -0.05) is 23.9 Å². The van der Waals surface area contributed by atoms with Gasteiger partial charge in [-0.25, -0.2) is 0 Å². The molecule has 8 nitrogen and oxygen atoms in total. The lowest BCUT2D eigenvalue weighted by atomic mass is 10.2. The molecule has 1 aromatic carbocycles. The van der Waals surface area contributed by atoms with Crippen molar-refractivity contribution in [2.45, 2.75) is 11.7 Å². The summed E-state index contributed by atoms with van der Waals surface area (Å²) in [4.78, 5) is 14.2. The third kappa shape index (κ3) is 4.67. The fourth-order valence-electron chi connectivity index (χ4n) is 2.60. The van der Waals surface area contributed by atoms with Crippen LogP contribution in [0.4, 0.5) is 5.95 Å². The number of thioether (sulfide) groups is 1. The lowest BCUT2D eigenvalue weighted by Crippen LogP contribution is -2.37. The van der Waals surface area contributed by atoms with Crippen molar-refractivity contribution in [3.8, 4) is 5.75 Å². The molecule has 26 heavy (non-hydrogen) atoms. The summed E-state index contributed by atoms with van der Waals surface area (Å²) in [5, 5.41) is 12.1. The molecule has 1 fully saturated rings. The standard InChI is InChI=1S/C17H23N5O3S/c1-21-16(22-7-9-25-10-8-22)19-20-17(21)26-12-15(23)18-11-13-3-5-14(24-2)6-4-13/h3-6H,7-12H2,1-2H3,(H,18,23). The van der Waals surface area contributed by atoms with Gasteiger partial charge in [0.15, 0.2) is 5.16 Å². The summed E-state index contributed by atoms with van der Waals surface area (Å²) < 4.78 is 12.4. The highest BCUT2D eigenvalue weighted by molar-refractivity contribution is 7.99. The van der Waals surface area contributed by atoms with Crippen LogP contribution in [0, 0.1) is 0 Å². The molecule has 2 aromatic rings. The summed E-state index contributed by atoms with van der Waals surface area (Å²) >= 11 is 1.38. The summed E-state index contributed by atoms with van der Waals surface area (Å²) in [5.74, 6) is 1.87. The van der Waals surface area contributed by atoms with Crippen molar-refractivity contribution in [3.63, 3.8) is 0 Å². The Morgan fingerprint density at radius 3 is 2.69 bits per heavy atom. The van der Waals surface area contributed by atoms with Crippen molar-refractivity contribution in [1.82, 2.24) is 20.1 Å². The van der Waals surface area contributed by atoms with Gasteiger partial charge in [-0.2, -0.15) is 0 Å². The number of nitrogens with zero attached hydrogens (tertiary/aromatic N) is 4. The average molecular weight is 377 g/mol. The molecular weight excluding hydrogens is 354 g/mol. The SMILES string of the molecule is COc1ccc(CNC(=O)CSc2nnc(N3CCOCC3)n2C)cc1.